The van der Waals surface area contributed by atoms with Crippen molar-refractivity contribution >= 4 is 39.3 Å². The van der Waals surface area contributed by atoms with Gasteiger partial charge in [-0.1, -0.05) is 11.6 Å². The van der Waals surface area contributed by atoms with Crippen molar-refractivity contribution < 1.29 is 4.79 Å². The minimum Gasteiger partial charge on any atom is -0.369 e. The SMILES string of the molecule is CC(C)NC(=O)CCNc1ncc(Cl)cc1Br. The second-order valence-corrected chi connectivity index (χ2v) is 5.17. The molecular weight excluding hydrogens is 305 g/mol. The summed E-state index contributed by atoms with van der Waals surface area (Å²) in [5.74, 6) is 0.712. The van der Waals surface area contributed by atoms with Crippen LogP contribution in [0.2, 0.25) is 5.02 Å². The quantitative estimate of drug-likeness (QED) is 0.877. The zero-order valence-corrected chi connectivity index (χ0v) is 12.1. The molecule has 1 rings (SSSR count). The molecule has 0 unspecified atom stereocenters. The first kappa shape index (κ1) is 14.3. The topological polar surface area (TPSA) is 54.0 Å². The van der Waals surface area contributed by atoms with Gasteiger partial charge >= 0.3 is 0 Å². The molecule has 0 spiro atoms. The average Bonchev–Trinajstić information content (AvgIpc) is 2.20. The first-order valence-corrected chi connectivity index (χ1v) is 6.50. The lowest BCUT2D eigenvalue weighted by Gasteiger charge is -2.10. The first-order chi connectivity index (χ1) is 7.99. The molecule has 2 N–H and O–H groups in total. The Morgan fingerprint density at radius 2 is 2.29 bits per heavy atom. The van der Waals surface area contributed by atoms with Crippen LogP contribution < -0.4 is 10.6 Å². The number of hydrogen-bond donors (Lipinski definition) is 2. The van der Waals surface area contributed by atoms with Crippen molar-refractivity contribution in [1.82, 2.24) is 10.3 Å². The van der Waals surface area contributed by atoms with Crippen molar-refractivity contribution in [3.05, 3.63) is 21.8 Å². The van der Waals surface area contributed by atoms with E-state index in [9.17, 15) is 4.79 Å². The molecule has 0 aliphatic carbocycles. The van der Waals surface area contributed by atoms with Crippen LogP contribution in [0, 0.1) is 0 Å². The van der Waals surface area contributed by atoms with Gasteiger partial charge in [0.2, 0.25) is 5.91 Å². The Morgan fingerprint density at radius 1 is 1.59 bits per heavy atom. The minimum absolute atomic E-state index is 0.0255. The van der Waals surface area contributed by atoms with Crippen LogP contribution in [0.15, 0.2) is 16.7 Å². The summed E-state index contributed by atoms with van der Waals surface area (Å²) in [4.78, 5) is 15.5. The van der Waals surface area contributed by atoms with Crippen LogP contribution >= 0.6 is 27.5 Å². The van der Waals surface area contributed by atoms with Crippen LogP contribution in [0.25, 0.3) is 0 Å². The van der Waals surface area contributed by atoms with E-state index in [0.29, 0.717) is 23.8 Å². The molecule has 0 saturated heterocycles. The standard InChI is InChI=1S/C11H15BrClN3O/c1-7(2)16-10(17)3-4-14-11-9(12)5-8(13)6-15-11/h5-7H,3-4H2,1-2H3,(H,14,15)(H,16,17). The van der Waals surface area contributed by atoms with Crippen LogP contribution in [0.1, 0.15) is 20.3 Å². The molecule has 94 valence electrons. The maximum absolute atomic E-state index is 11.4. The van der Waals surface area contributed by atoms with E-state index in [1.54, 1.807) is 12.3 Å². The molecular formula is C11H15BrClN3O. The normalized spacial score (nSPS) is 10.4. The average molecular weight is 321 g/mol. The fraction of sp³-hybridized carbons (Fsp3) is 0.455. The summed E-state index contributed by atoms with van der Waals surface area (Å²) in [5.41, 5.74) is 0. The van der Waals surface area contributed by atoms with Crippen LogP contribution in [0.3, 0.4) is 0 Å². The number of pyridine rings is 1. The number of carbonyl (C=O) groups excluding carboxylic acids is 1. The smallest absolute Gasteiger partial charge is 0.221 e. The molecule has 1 aromatic heterocycles. The summed E-state index contributed by atoms with van der Waals surface area (Å²) < 4.78 is 0.786. The second-order valence-electron chi connectivity index (χ2n) is 3.88. The number of hydrogen-bond acceptors (Lipinski definition) is 3. The van der Waals surface area contributed by atoms with Gasteiger partial charge in [0.05, 0.1) is 9.50 Å². The highest BCUT2D eigenvalue weighted by Crippen LogP contribution is 2.22. The highest BCUT2D eigenvalue weighted by molar-refractivity contribution is 9.10. The molecule has 0 aliphatic rings. The van der Waals surface area contributed by atoms with E-state index in [-0.39, 0.29) is 11.9 Å². The van der Waals surface area contributed by atoms with Gasteiger partial charge in [-0.15, -0.1) is 0 Å². The van der Waals surface area contributed by atoms with Gasteiger partial charge in [0, 0.05) is 25.2 Å². The van der Waals surface area contributed by atoms with E-state index in [1.807, 2.05) is 13.8 Å². The molecule has 4 nitrogen and oxygen atoms in total. The number of nitrogens with zero attached hydrogens (tertiary/aromatic N) is 1. The Kier molecular flexibility index (Phi) is 5.71. The number of anilines is 1. The Labute approximate surface area is 114 Å². The second kappa shape index (κ2) is 6.81. The van der Waals surface area contributed by atoms with Gasteiger partial charge in [-0.2, -0.15) is 0 Å². The molecule has 0 saturated carbocycles. The third kappa shape index (κ3) is 5.37. The summed E-state index contributed by atoms with van der Waals surface area (Å²) in [6, 6.07) is 1.92. The van der Waals surface area contributed by atoms with E-state index in [2.05, 4.69) is 31.5 Å². The lowest BCUT2D eigenvalue weighted by Crippen LogP contribution is -2.31. The van der Waals surface area contributed by atoms with Crippen LogP contribution in [0.4, 0.5) is 5.82 Å². The number of aromatic nitrogens is 1. The summed E-state index contributed by atoms with van der Waals surface area (Å²) in [5, 5.41) is 6.46. The molecule has 6 heteroatoms. The highest BCUT2D eigenvalue weighted by Gasteiger charge is 2.05. The summed E-state index contributed by atoms with van der Waals surface area (Å²) in [7, 11) is 0. The monoisotopic (exact) mass is 319 g/mol. The molecule has 0 fully saturated rings. The van der Waals surface area contributed by atoms with Gasteiger partial charge in [0.25, 0.3) is 0 Å². The van der Waals surface area contributed by atoms with Crippen molar-refractivity contribution in [3.8, 4) is 0 Å². The van der Waals surface area contributed by atoms with Crippen molar-refractivity contribution in [3.63, 3.8) is 0 Å². The number of halogens is 2. The van der Waals surface area contributed by atoms with Crippen LogP contribution in [-0.4, -0.2) is 23.5 Å². The lowest BCUT2D eigenvalue weighted by molar-refractivity contribution is -0.121. The Morgan fingerprint density at radius 3 is 2.88 bits per heavy atom. The summed E-state index contributed by atoms with van der Waals surface area (Å²) in [6.07, 6.45) is 1.97. The predicted molar refractivity (Wildman–Crippen MR) is 73.3 cm³/mol. The Balaban J connectivity index is 2.38. The minimum atomic E-state index is 0.0255. The molecule has 1 heterocycles. The van der Waals surface area contributed by atoms with Gasteiger partial charge < -0.3 is 10.6 Å². The highest BCUT2D eigenvalue weighted by atomic mass is 79.9. The van der Waals surface area contributed by atoms with Crippen molar-refractivity contribution in [2.75, 3.05) is 11.9 Å². The van der Waals surface area contributed by atoms with Crippen molar-refractivity contribution in [2.45, 2.75) is 26.3 Å². The van der Waals surface area contributed by atoms with Gasteiger partial charge in [-0.25, -0.2) is 4.98 Å². The zero-order chi connectivity index (χ0) is 12.8. The molecule has 0 radical (unpaired) electrons. The predicted octanol–water partition coefficient (Wildman–Crippen LogP) is 2.82. The molecule has 1 amide bonds. The van der Waals surface area contributed by atoms with Crippen molar-refractivity contribution in [2.24, 2.45) is 0 Å². The lowest BCUT2D eigenvalue weighted by atomic mass is 10.3. The van der Waals surface area contributed by atoms with Gasteiger partial charge in [0.15, 0.2) is 0 Å². The summed E-state index contributed by atoms with van der Waals surface area (Å²) >= 11 is 9.12. The fourth-order valence-electron chi connectivity index (χ4n) is 1.23. The first-order valence-electron chi connectivity index (χ1n) is 5.33. The zero-order valence-electron chi connectivity index (χ0n) is 9.76. The third-order valence-electron chi connectivity index (χ3n) is 1.90. The number of rotatable bonds is 5. The van der Waals surface area contributed by atoms with Crippen LogP contribution in [0.5, 0.6) is 0 Å². The van der Waals surface area contributed by atoms with Crippen LogP contribution in [-0.2, 0) is 4.79 Å². The number of amides is 1. The maximum Gasteiger partial charge on any atom is 0.221 e. The molecule has 17 heavy (non-hydrogen) atoms. The maximum atomic E-state index is 11.4. The molecule has 0 bridgehead atoms. The Hall–Kier alpha value is -0.810. The third-order valence-corrected chi connectivity index (χ3v) is 2.71. The number of carbonyl (C=O) groups is 1. The van der Waals surface area contributed by atoms with E-state index in [1.165, 1.54) is 0 Å². The molecule has 0 atom stereocenters. The van der Waals surface area contributed by atoms with Gasteiger partial charge in [-0.3, -0.25) is 4.79 Å². The summed E-state index contributed by atoms with van der Waals surface area (Å²) in [6.45, 7) is 4.40. The molecule has 0 aliphatic heterocycles. The fourth-order valence-corrected chi connectivity index (χ4v) is 2.01. The molecule has 0 aromatic carbocycles. The molecule has 1 aromatic rings. The van der Waals surface area contributed by atoms with E-state index < -0.39 is 0 Å². The van der Waals surface area contributed by atoms with Gasteiger partial charge in [-0.05, 0) is 35.8 Å². The largest absolute Gasteiger partial charge is 0.369 e. The van der Waals surface area contributed by atoms with E-state index >= 15 is 0 Å². The number of nitrogens with one attached hydrogen (secondary N) is 2. The van der Waals surface area contributed by atoms with E-state index in [0.717, 1.165) is 4.47 Å². The van der Waals surface area contributed by atoms with Gasteiger partial charge in [0.1, 0.15) is 5.82 Å². The van der Waals surface area contributed by atoms with Crippen molar-refractivity contribution in [1.29, 1.82) is 0 Å². The van der Waals surface area contributed by atoms with E-state index in [4.69, 9.17) is 11.6 Å². The Bertz CT molecular complexity index is 398.